The molecular formula is C16H23FN2O. The molecule has 0 saturated heterocycles. The van der Waals surface area contributed by atoms with Gasteiger partial charge in [0, 0.05) is 18.2 Å². The lowest BCUT2D eigenvalue weighted by Crippen LogP contribution is -2.53. The van der Waals surface area contributed by atoms with Gasteiger partial charge in [-0.15, -0.1) is 0 Å². The number of amides is 1. The highest BCUT2D eigenvalue weighted by Crippen LogP contribution is 2.31. The van der Waals surface area contributed by atoms with Gasteiger partial charge in [-0.25, -0.2) is 4.39 Å². The van der Waals surface area contributed by atoms with Crippen molar-refractivity contribution >= 4 is 5.91 Å². The molecule has 3 nitrogen and oxygen atoms in total. The van der Waals surface area contributed by atoms with E-state index in [1.54, 1.807) is 30.0 Å². The number of carbonyl (C=O) groups is 1. The molecular weight excluding hydrogens is 255 g/mol. The zero-order valence-electron chi connectivity index (χ0n) is 12.2. The molecule has 1 fully saturated rings. The second kappa shape index (κ2) is 5.92. The molecule has 0 aromatic heterocycles. The van der Waals surface area contributed by atoms with E-state index >= 15 is 0 Å². The molecule has 1 aromatic rings. The fraction of sp³-hybridized carbons (Fsp3) is 0.562. The molecule has 0 bridgehead atoms. The fourth-order valence-electron chi connectivity index (χ4n) is 2.52. The lowest BCUT2D eigenvalue weighted by molar-refractivity contribution is -0.138. The Hall–Kier alpha value is -1.42. The molecule has 0 aliphatic heterocycles. The van der Waals surface area contributed by atoms with E-state index in [2.05, 4.69) is 0 Å². The first-order valence-electron chi connectivity index (χ1n) is 7.29. The van der Waals surface area contributed by atoms with E-state index in [1.807, 2.05) is 6.92 Å². The summed E-state index contributed by atoms with van der Waals surface area (Å²) in [6.07, 6.45) is 3.48. The van der Waals surface area contributed by atoms with Gasteiger partial charge in [0.1, 0.15) is 5.82 Å². The first-order chi connectivity index (χ1) is 9.45. The molecule has 1 aromatic carbocycles. The van der Waals surface area contributed by atoms with Crippen molar-refractivity contribution in [2.24, 2.45) is 5.73 Å². The van der Waals surface area contributed by atoms with Gasteiger partial charge < -0.3 is 10.6 Å². The molecule has 2 rings (SSSR count). The Bertz CT molecular complexity index is 483. The fourth-order valence-corrected chi connectivity index (χ4v) is 2.52. The monoisotopic (exact) mass is 278 g/mol. The van der Waals surface area contributed by atoms with Crippen LogP contribution < -0.4 is 5.73 Å². The third kappa shape index (κ3) is 3.37. The summed E-state index contributed by atoms with van der Waals surface area (Å²) in [5, 5.41) is 0. The van der Waals surface area contributed by atoms with Crippen molar-refractivity contribution in [1.29, 1.82) is 0 Å². The van der Waals surface area contributed by atoms with Crippen LogP contribution in [0.2, 0.25) is 0 Å². The minimum Gasteiger partial charge on any atom is -0.334 e. The molecule has 1 atom stereocenters. The Balaban J connectivity index is 2.16. The maximum Gasteiger partial charge on any atom is 0.242 e. The van der Waals surface area contributed by atoms with E-state index in [4.69, 9.17) is 5.73 Å². The number of carbonyl (C=O) groups excluding carboxylic acids is 1. The zero-order chi connectivity index (χ0) is 14.8. The summed E-state index contributed by atoms with van der Waals surface area (Å²) in [6, 6.07) is 6.83. The Morgan fingerprint density at radius 3 is 2.65 bits per heavy atom. The van der Waals surface area contributed by atoms with E-state index in [-0.39, 0.29) is 17.8 Å². The summed E-state index contributed by atoms with van der Waals surface area (Å²) in [5.41, 5.74) is 5.84. The van der Waals surface area contributed by atoms with Gasteiger partial charge in [0.05, 0.1) is 5.54 Å². The Kier molecular flexibility index (Phi) is 4.43. The predicted molar refractivity (Wildman–Crippen MR) is 77.5 cm³/mol. The quantitative estimate of drug-likeness (QED) is 0.869. The Morgan fingerprint density at radius 2 is 2.10 bits per heavy atom. The van der Waals surface area contributed by atoms with E-state index in [0.29, 0.717) is 18.5 Å². The van der Waals surface area contributed by atoms with E-state index in [9.17, 15) is 9.18 Å². The third-order valence-corrected chi connectivity index (χ3v) is 3.80. The first kappa shape index (κ1) is 15.0. The lowest BCUT2D eigenvalue weighted by Gasteiger charge is -2.32. The zero-order valence-corrected chi connectivity index (χ0v) is 12.2. The van der Waals surface area contributed by atoms with Gasteiger partial charge in [-0.1, -0.05) is 31.5 Å². The van der Waals surface area contributed by atoms with Gasteiger partial charge in [-0.2, -0.15) is 0 Å². The smallest absolute Gasteiger partial charge is 0.242 e. The van der Waals surface area contributed by atoms with Crippen LogP contribution in [-0.2, 0) is 11.3 Å². The number of hydrogen-bond acceptors (Lipinski definition) is 2. The number of nitrogens with zero attached hydrogens (tertiary/aromatic N) is 1. The van der Waals surface area contributed by atoms with Crippen LogP contribution in [0.15, 0.2) is 24.3 Å². The molecule has 1 unspecified atom stereocenters. The maximum absolute atomic E-state index is 13.8. The number of nitrogens with two attached hydrogens (primary N) is 1. The molecule has 2 N–H and O–H groups in total. The molecule has 0 spiro atoms. The van der Waals surface area contributed by atoms with E-state index < -0.39 is 5.54 Å². The molecule has 110 valence electrons. The van der Waals surface area contributed by atoms with Crippen molar-refractivity contribution < 1.29 is 9.18 Å². The highest BCUT2D eigenvalue weighted by Gasteiger charge is 2.39. The molecule has 20 heavy (non-hydrogen) atoms. The molecule has 0 heterocycles. The Morgan fingerprint density at radius 1 is 1.45 bits per heavy atom. The summed E-state index contributed by atoms with van der Waals surface area (Å²) in [6.45, 7) is 4.10. The summed E-state index contributed by atoms with van der Waals surface area (Å²) >= 11 is 0. The van der Waals surface area contributed by atoms with E-state index in [1.165, 1.54) is 6.07 Å². The summed E-state index contributed by atoms with van der Waals surface area (Å²) in [7, 11) is 0. The number of halogens is 1. The van der Waals surface area contributed by atoms with Gasteiger partial charge >= 0.3 is 0 Å². The molecule has 1 aliphatic carbocycles. The minimum absolute atomic E-state index is 0.0647. The minimum atomic E-state index is -0.859. The maximum atomic E-state index is 13.8. The lowest BCUT2D eigenvalue weighted by atomic mass is 9.95. The predicted octanol–water partition coefficient (Wildman–Crippen LogP) is 2.83. The van der Waals surface area contributed by atoms with Crippen LogP contribution in [0.4, 0.5) is 4.39 Å². The number of rotatable bonds is 6. The van der Waals surface area contributed by atoms with Crippen molar-refractivity contribution in [1.82, 2.24) is 4.90 Å². The van der Waals surface area contributed by atoms with Crippen molar-refractivity contribution in [2.75, 3.05) is 0 Å². The molecule has 4 heteroatoms. The van der Waals surface area contributed by atoms with Crippen LogP contribution in [0.5, 0.6) is 0 Å². The highest BCUT2D eigenvalue weighted by molar-refractivity contribution is 5.86. The van der Waals surface area contributed by atoms with Crippen molar-refractivity contribution in [3.8, 4) is 0 Å². The topological polar surface area (TPSA) is 46.3 Å². The van der Waals surface area contributed by atoms with Crippen LogP contribution in [0.1, 0.15) is 45.1 Å². The van der Waals surface area contributed by atoms with Crippen molar-refractivity contribution in [3.05, 3.63) is 35.6 Å². The third-order valence-electron chi connectivity index (χ3n) is 3.80. The second-order valence-corrected chi connectivity index (χ2v) is 5.92. The first-order valence-corrected chi connectivity index (χ1v) is 7.29. The van der Waals surface area contributed by atoms with Crippen LogP contribution in [0.25, 0.3) is 0 Å². The highest BCUT2D eigenvalue weighted by atomic mass is 19.1. The van der Waals surface area contributed by atoms with Crippen LogP contribution in [-0.4, -0.2) is 22.4 Å². The van der Waals surface area contributed by atoms with Gasteiger partial charge in [-0.3, -0.25) is 4.79 Å². The molecule has 1 saturated carbocycles. The molecule has 0 radical (unpaired) electrons. The standard InChI is InChI=1S/C16H23FN2O/c1-3-10-16(2,18)15(20)19(13-8-9-13)11-12-6-4-5-7-14(12)17/h4-7,13H,3,8-11,18H2,1-2H3. The van der Waals surface area contributed by atoms with Crippen LogP contribution in [0.3, 0.4) is 0 Å². The van der Waals surface area contributed by atoms with Gasteiger partial charge in [0.2, 0.25) is 5.91 Å². The average Bonchev–Trinajstić information content (AvgIpc) is 3.21. The largest absolute Gasteiger partial charge is 0.334 e. The van der Waals surface area contributed by atoms with Gasteiger partial charge in [0.15, 0.2) is 0 Å². The van der Waals surface area contributed by atoms with Crippen LogP contribution >= 0.6 is 0 Å². The second-order valence-electron chi connectivity index (χ2n) is 5.92. The summed E-state index contributed by atoms with van der Waals surface area (Å²) in [5.74, 6) is -0.328. The van der Waals surface area contributed by atoms with E-state index in [0.717, 1.165) is 19.3 Å². The average molecular weight is 278 g/mol. The SMILES string of the molecule is CCCC(C)(N)C(=O)N(Cc1ccccc1F)C1CC1. The van der Waals surface area contributed by atoms with Crippen LogP contribution in [0, 0.1) is 5.82 Å². The molecule has 1 aliphatic rings. The van der Waals surface area contributed by atoms with Crippen molar-refractivity contribution in [2.45, 2.75) is 57.7 Å². The Labute approximate surface area is 120 Å². The summed E-state index contributed by atoms with van der Waals surface area (Å²) in [4.78, 5) is 14.4. The normalized spacial score (nSPS) is 17.6. The summed E-state index contributed by atoms with van der Waals surface area (Å²) < 4.78 is 13.8. The van der Waals surface area contributed by atoms with Gasteiger partial charge in [-0.05, 0) is 32.3 Å². The van der Waals surface area contributed by atoms with Crippen molar-refractivity contribution in [3.63, 3.8) is 0 Å². The van der Waals surface area contributed by atoms with Gasteiger partial charge in [0.25, 0.3) is 0 Å². The number of benzene rings is 1. The number of hydrogen-bond donors (Lipinski definition) is 1. The molecule has 1 amide bonds.